The summed E-state index contributed by atoms with van der Waals surface area (Å²) in [6, 6.07) is 0. The monoisotopic (exact) mass is 340 g/mol. The van der Waals surface area contributed by atoms with E-state index in [1.165, 1.54) is 11.3 Å². The van der Waals surface area contributed by atoms with Crippen LogP contribution in [0.2, 0.25) is 0 Å². The highest BCUT2D eigenvalue weighted by atomic mass is 35.5. The molecule has 1 saturated heterocycles. The van der Waals surface area contributed by atoms with Crippen molar-refractivity contribution in [2.75, 3.05) is 13.1 Å². The van der Waals surface area contributed by atoms with E-state index < -0.39 is 11.9 Å². The second-order valence-corrected chi connectivity index (χ2v) is 5.56. The summed E-state index contributed by atoms with van der Waals surface area (Å²) in [5.41, 5.74) is 0. The van der Waals surface area contributed by atoms with Crippen molar-refractivity contribution in [3.05, 3.63) is 16.1 Å². The molecule has 20 heavy (non-hydrogen) atoms. The van der Waals surface area contributed by atoms with E-state index in [1.807, 2.05) is 0 Å². The Balaban J connectivity index is 0.00000180. The fourth-order valence-corrected chi connectivity index (χ4v) is 3.03. The van der Waals surface area contributed by atoms with Crippen LogP contribution in [0, 0.1) is 5.92 Å². The van der Waals surface area contributed by atoms with Crippen molar-refractivity contribution < 1.29 is 14.7 Å². The van der Waals surface area contributed by atoms with E-state index in [0.717, 1.165) is 17.8 Å². The second-order valence-electron chi connectivity index (χ2n) is 4.44. The summed E-state index contributed by atoms with van der Waals surface area (Å²) in [6.45, 7) is 2.91. The van der Waals surface area contributed by atoms with Gasteiger partial charge in [-0.05, 0) is 19.3 Å². The summed E-state index contributed by atoms with van der Waals surface area (Å²) in [6.07, 6.45) is 4.04. The Kier molecular flexibility index (Phi) is 8.08. The van der Waals surface area contributed by atoms with E-state index in [4.69, 9.17) is 5.11 Å². The fourth-order valence-electron chi connectivity index (χ4n) is 2.04. The third-order valence-electron chi connectivity index (χ3n) is 3.05. The molecule has 1 aliphatic heterocycles. The lowest BCUT2D eigenvalue weighted by atomic mass is 10.1. The molecule has 1 atom stereocenters. The van der Waals surface area contributed by atoms with Gasteiger partial charge in [0, 0.05) is 13.1 Å². The lowest BCUT2D eigenvalue weighted by Gasteiger charge is -2.13. The van der Waals surface area contributed by atoms with Crippen LogP contribution in [0.5, 0.6) is 0 Å². The third kappa shape index (κ3) is 4.33. The maximum absolute atomic E-state index is 12.1. The van der Waals surface area contributed by atoms with Crippen LogP contribution in [0.25, 0.3) is 0 Å². The predicted molar refractivity (Wildman–Crippen MR) is 82.3 cm³/mol. The molecule has 1 unspecified atom stereocenters. The quantitative estimate of drug-likeness (QED) is 0.913. The Morgan fingerprint density at radius 3 is 2.75 bits per heavy atom. The van der Waals surface area contributed by atoms with E-state index in [1.54, 1.807) is 11.1 Å². The number of aromatic nitrogens is 1. The van der Waals surface area contributed by atoms with Gasteiger partial charge in [0.15, 0.2) is 0 Å². The van der Waals surface area contributed by atoms with Crippen molar-refractivity contribution in [3.63, 3.8) is 0 Å². The molecule has 5 nitrogen and oxygen atoms in total. The van der Waals surface area contributed by atoms with Gasteiger partial charge in [-0.25, -0.2) is 4.98 Å². The van der Waals surface area contributed by atoms with Gasteiger partial charge in [0.2, 0.25) is 0 Å². The molecule has 1 aliphatic rings. The summed E-state index contributed by atoms with van der Waals surface area (Å²) in [5, 5.41) is 9.88. The number of rotatable bonds is 4. The Morgan fingerprint density at radius 1 is 1.50 bits per heavy atom. The number of halogens is 2. The number of thiazole rings is 1. The summed E-state index contributed by atoms with van der Waals surface area (Å²) in [5.74, 6) is -1.32. The fraction of sp³-hybridized carbons (Fsp3) is 0.583. The number of aliphatic carboxylic acids is 1. The van der Waals surface area contributed by atoms with Gasteiger partial charge < -0.3 is 10.0 Å². The van der Waals surface area contributed by atoms with E-state index in [9.17, 15) is 9.59 Å². The molecule has 0 radical (unpaired) electrons. The van der Waals surface area contributed by atoms with Crippen LogP contribution in [-0.2, 0) is 11.2 Å². The Labute approximate surface area is 134 Å². The zero-order valence-corrected chi connectivity index (χ0v) is 13.5. The highest BCUT2D eigenvalue weighted by molar-refractivity contribution is 7.13. The van der Waals surface area contributed by atoms with Crippen LogP contribution in [0.3, 0.4) is 0 Å². The van der Waals surface area contributed by atoms with Crippen molar-refractivity contribution in [3.8, 4) is 0 Å². The van der Waals surface area contributed by atoms with Gasteiger partial charge in [-0.15, -0.1) is 36.2 Å². The zero-order valence-electron chi connectivity index (χ0n) is 11.1. The summed E-state index contributed by atoms with van der Waals surface area (Å²) >= 11 is 1.41. The van der Waals surface area contributed by atoms with Crippen LogP contribution in [0.1, 0.15) is 34.4 Å². The van der Waals surface area contributed by atoms with Gasteiger partial charge in [0.05, 0.1) is 17.1 Å². The lowest BCUT2D eigenvalue weighted by molar-refractivity contribution is -0.141. The predicted octanol–water partition coefficient (Wildman–Crippen LogP) is 2.49. The number of likely N-dealkylation sites (tertiary alicyclic amines) is 1. The number of aryl methyl sites for hydroxylation is 1. The Morgan fingerprint density at radius 2 is 2.20 bits per heavy atom. The first-order valence-electron chi connectivity index (χ1n) is 6.08. The third-order valence-corrected chi connectivity index (χ3v) is 4.10. The van der Waals surface area contributed by atoms with Gasteiger partial charge in [-0.2, -0.15) is 0 Å². The molecule has 1 aromatic rings. The highest BCUT2D eigenvalue weighted by Gasteiger charge is 2.31. The molecule has 1 N–H and O–H groups in total. The second kappa shape index (κ2) is 8.44. The van der Waals surface area contributed by atoms with Crippen molar-refractivity contribution in [2.45, 2.75) is 26.2 Å². The first-order valence-corrected chi connectivity index (χ1v) is 6.90. The summed E-state index contributed by atoms with van der Waals surface area (Å²) in [7, 11) is 0. The first kappa shape index (κ1) is 19.1. The smallest absolute Gasteiger partial charge is 0.308 e. The first-order chi connectivity index (χ1) is 8.61. The van der Waals surface area contributed by atoms with Gasteiger partial charge in [-0.3, -0.25) is 9.59 Å². The average Bonchev–Trinajstić information content (AvgIpc) is 2.97. The van der Waals surface area contributed by atoms with Gasteiger partial charge in [0.1, 0.15) is 4.88 Å². The van der Waals surface area contributed by atoms with Crippen molar-refractivity contribution >= 4 is 48.0 Å². The SMILES string of the molecule is CCCc1ncc(C(=O)N2CCC(C(=O)O)C2)s1.Cl.Cl. The normalized spacial score (nSPS) is 17.2. The molecule has 114 valence electrons. The topological polar surface area (TPSA) is 70.5 Å². The van der Waals surface area contributed by atoms with E-state index in [0.29, 0.717) is 24.4 Å². The molecule has 1 aromatic heterocycles. The molecule has 8 heteroatoms. The molecule has 1 amide bonds. The summed E-state index contributed by atoms with van der Waals surface area (Å²) < 4.78 is 0. The number of carboxylic acid groups (broad SMARTS) is 1. The Bertz CT molecular complexity index is 467. The number of carbonyl (C=O) groups excluding carboxylic acids is 1. The van der Waals surface area contributed by atoms with Crippen LogP contribution < -0.4 is 0 Å². The molecule has 0 aromatic carbocycles. The number of carbonyl (C=O) groups is 2. The molecule has 0 spiro atoms. The van der Waals surface area contributed by atoms with Gasteiger partial charge in [0.25, 0.3) is 5.91 Å². The standard InChI is InChI=1S/C12H16N2O3S.2ClH/c1-2-3-10-13-6-9(18-10)11(15)14-5-4-8(7-14)12(16)17;;/h6,8H,2-5,7H2,1H3,(H,16,17);2*1H. The number of nitrogens with zero attached hydrogens (tertiary/aromatic N) is 2. The molecule has 1 fully saturated rings. The van der Waals surface area contributed by atoms with E-state index in [-0.39, 0.29) is 30.7 Å². The molecule has 2 heterocycles. The minimum Gasteiger partial charge on any atom is -0.481 e. The maximum atomic E-state index is 12.1. The zero-order chi connectivity index (χ0) is 13.1. The molecule has 2 rings (SSSR count). The number of hydrogen-bond acceptors (Lipinski definition) is 4. The molecule has 0 bridgehead atoms. The largest absolute Gasteiger partial charge is 0.481 e. The van der Waals surface area contributed by atoms with Crippen molar-refractivity contribution in [1.29, 1.82) is 0 Å². The van der Waals surface area contributed by atoms with Gasteiger partial charge in [-0.1, -0.05) is 6.92 Å². The van der Waals surface area contributed by atoms with E-state index >= 15 is 0 Å². The maximum Gasteiger partial charge on any atom is 0.308 e. The van der Waals surface area contributed by atoms with Crippen molar-refractivity contribution in [1.82, 2.24) is 9.88 Å². The minimum absolute atomic E-state index is 0. The van der Waals surface area contributed by atoms with Crippen molar-refractivity contribution in [2.24, 2.45) is 5.92 Å². The van der Waals surface area contributed by atoms with E-state index in [2.05, 4.69) is 11.9 Å². The Hall–Kier alpha value is -0.850. The molecular weight excluding hydrogens is 323 g/mol. The minimum atomic E-state index is -0.818. The van der Waals surface area contributed by atoms with Crippen LogP contribution in [0.15, 0.2) is 6.20 Å². The number of amides is 1. The molecular formula is C12H18Cl2N2O3S. The summed E-state index contributed by atoms with van der Waals surface area (Å²) in [4.78, 5) is 29.4. The molecule has 0 aliphatic carbocycles. The lowest BCUT2D eigenvalue weighted by Crippen LogP contribution is -2.29. The molecule has 0 saturated carbocycles. The average molecular weight is 341 g/mol. The number of hydrogen-bond donors (Lipinski definition) is 1. The van der Waals surface area contributed by atoms with Gasteiger partial charge >= 0.3 is 5.97 Å². The number of carboxylic acids is 1. The van der Waals surface area contributed by atoms with Crippen LogP contribution >= 0.6 is 36.2 Å². The van der Waals surface area contributed by atoms with Crippen LogP contribution in [-0.4, -0.2) is 40.0 Å². The highest BCUT2D eigenvalue weighted by Crippen LogP contribution is 2.22. The van der Waals surface area contributed by atoms with Crippen LogP contribution in [0.4, 0.5) is 0 Å².